The molecular formula is C15H15Cl2FN2. The third-order valence-electron chi connectivity index (χ3n) is 3.21. The van der Waals surface area contributed by atoms with Gasteiger partial charge in [0.05, 0.1) is 5.02 Å². The van der Waals surface area contributed by atoms with Crippen molar-refractivity contribution in [2.75, 3.05) is 0 Å². The number of pyridine rings is 1. The molecule has 0 radical (unpaired) electrons. The Bertz CT molecular complexity index is 590. The quantitative estimate of drug-likeness (QED) is 0.809. The molecule has 0 bridgehead atoms. The van der Waals surface area contributed by atoms with E-state index in [0.29, 0.717) is 10.6 Å². The monoisotopic (exact) mass is 312 g/mol. The molecule has 1 heterocycles. The second-order valence-corrected chi connectivity index (χ2v) is 5.49. The van der Waals surface area contributed by atoms with Gasteiger partial charge in [-0.25, -0.2) is 4.39 Å². The van der Waals surface area contributed by atoms with Crippen LogP contribution < -0.4 is 5.32 Å². The lowest BCUT2D eigenvalue weighted by molar-refractivity contribution is 0.492. The summed E-state index contributed by atoms with van der Waals surface area (Å²) < 4.78 is 13.6. The second-order valence-electron chi connectivity index (χ2n) is 4.68. The van der Waals surface area contributed by atoms with Gasteiger partial charge in [-0.2, -0.15) is 0 Å². The van der Waals surface area contributed by atoms with Crippen molar-refractivity contribution in [3.8, 4) is 0 Å². The fourth-order valence-corrected chi connectivity index (χ4v) is 2.63. The van der Waals surface area contributed by atoms with E-state index in [1.807, 2.05) is 26.0 Å². The lowest BCUT2D eigenvalue weighted by Crippen LogP contribution is -2.22. The van der Waals surface area contributed by atoms with E-state index in [0.717, 1.165) is 5.56 Å². The first-order valence-corrected chi connectivity index (χ1v) is 7.05. The first-order valence-electron chi connectivity index (χ1n) is 6.29. The smallest absolute Gasteiger partial charge is 0.142 e. The van der Waals surface area contributed by atoms with Crippen LogP contribution in [0.1, 0.15) is 37.1 Å². The Balaban J connectivity index is 2.16. The van der Waals surface area contributed by atoms with Crippen LogP contribution in [0.15, 0.2) is 36.7 Å². The van der Waals surface area contributed by atoms with Crippen LogP contribution in [0.2, 0.25) is 10.0 Å². The highest BCUT2D eigenvalue weighted by Gasteiger charge is 2.16. The number of hydrogen-bond donors (Lipinski definition) is 1. The summed E-state index contributed by atoms with van der Waals surface area (Å²) in [4.78, 5) is 3.99. The Morgan fingerprint density at radius 3 is 2.35 bits per heavy atom. The molecule has 0 amide bonds. The molecule has 0 aliphatic rings. The highest BCUT2D eigenvalue weighted by atomic mass is 35.5. The Kier molecular flexibility index (Phi) is 4.97. The number of hydrogen-bond acceptors (Lipinski definition) is 2. The van der Waals surface area contributed by atoms with Crippen molar-refractivity contribution in [1.82, 2.24) is 10.3 Å². The van der Waals surface area contributed by atoms with E-state index in [9.17, 15) is 4.39 Å². The molecule has 2 nitrogen and oxygen atoms in total. The van der Waals surface area contributed by atoms with E-state index in [4.69, 9.17) is 23.2 Å². The zero-order chi connectivity index (χ0) is 14.7. The van der Waals surface area contributed by atoms with Gasteiger partial charge in [-0.05, 0) is 49.2 Å². The maximum Gasteiger partial charge on any atom is 0.142 e. The van der Waals surface area contributed by atoms with Gasteiger partial charge in [-0.1, -0.05) is 23.2 Å². The van der Waals surface area contributed by atoms with Gasteiger partial charge >= 0.3 is 0 Å². The van der Waals surface area contributed by atoms with Gasteiger partial charge in [0, 0.05) is 29.5 Å². The Morgan fingerprint density at radius 1 is 1.05 bits per heavy atom. The van der Waals surface area contributed by atoms with Gasteiger partial charge in [-0.3, -0.25) is 4.98 Å². The predicted molar refractivity (Wildman–Crippen MR) is 80.6 cm³/mol. The standard InChI is InChI=1S/C15H15Cl2FN2/c1-9(11-3-5-19-6-4-11)20-10(2)12-7-15(18)14(17)8-13(12)16/h3-10,20H,1-2H3/t9-,10?/m0/s1. The van der Waals surface area contributed by atoms with E-state index in [1.54, 1.807) is 12.4 Å². The van der Waals surface area contributed by atoms with E-state index in [-0.39, 0.29) is 17.1 Å². The van der Waals surface area contributed by atoms with Crippen molar-refractivity contribution in [3.63, 3.8) is 0 Å². The molecule has 1 aromatic heterocycles. The summed E-state index contributed by atoms with van der Waals surface area (Å²) in [5.41, 5.74) is 1.80. The van der Waals surface area contributed by atoms with Crippen LogP contribution >= 0.6 is 23.2 Å². The summed E-state index contributed by atoms with van der Waals surface area (Å²) in [5.74, 6) is -0.462. The van der Waals surface area contributed by atoms with Crippen LogP contribution in [-0.2, 0) is 0 Å². The Hall–Kier alpha value is -1.16. The van der Waals surface area contributed by atoms with Gasteiger partial charge in [-0.15, -0.1) is 0 Å². The van der Waals surface area contributed by atoms with Gasteiger partial charge < -0.3 is 5.32 Å². The fraction of sp³-hybridized carbons (Fsp3) is 0.267. The summed E-state index contributed by atoms with van der Waals surface area (Å²) in [5, 5.41) is 3.87. The highest BCUT2D eigenvalue weighted by Crippen LogP contribution is 2.29. The topological polar surface area (TPSA) is 24.9 Å². The number of aromatic nitrogens is 1. The molecule has 106 valence electrons. The molecule has 5 heteroatoms. The van der Waals surface area contributed by atoms with Crippen molar-refractivity contribution in [1.29, 1.82) is 0 Å². The molecule has 1 aromatic carbocycles. The first-order chi connectivity index (χ1) is 9.49. The van der Waals surface area contributed by atoms with Crippen LogP contribution in [0, 0.1) is 5.82 Å². The van der Waals surface area contributed by atoms with E-state index >= 15 is 0 Å². The molecule has 0 aliphatic carbocycles. The minimum Gasteiger partial charge on any atom is -0.304 e. The van der Waals surface area contributed by atoms with Crippen molar-refractivity contribution >= 4 is 23.2 Å². The molecule has 1 N–H and O–H groups in total. The summed E-state index contributed by atoms with van der Waals surface area (Å²) >= 11 is 11.8. The van der Waals surface area contributed by atoms with Gasteiger partial charge in [0.25, 0.3) is 0 Å². The minimum atomic E-state index is -0.462. The molecular weight excluding hydrogens is 298 g/mol. The molecule has 1 unspecified atom stereocenters. The minimum absolute atomic E-state index is 0.0353. The maximum absolute atomic E-state index is 13.6. The molecule has 0 saturated heterocycles. The summed E-state index contributed by atoms with van der Waals surface area (Å²) in [7, 11) is 0. The molecule has 0 saturated carbocycles. The average molecular weight is 313 g/mol. The predicted octanol–water partition coefficient (Wildman–Crippen LogP) is 4.94. The number of halogens is 3. The van der Waals surface area contributed by atoms with Crippen LogP contribution in [0.5, 0.6) is 0 Å². The van der Waals surface area contributed by atoms with Gasteiger partial charge in [0.15, 0.2) is 0 Å². The second kappa shape index (κ2) is 6.53. The SMILES string of the molecule is CC(N[C@@H](C)c1ccncc1)c1cc(F)c(Cl)cc1Cl. The zero-order valence-corrected chi connectivity index (χ0v) is 12.7. The van der Waals surface area contributed by atoms with E-state index in [1.165, 1.54) is 12.1 Å². The molecule has 2 atom stereocenters. The zero-order valence-electron chi connectivity index (χ0n) is 11.2. The third kappa shape index (κ3) is 3.48. The van der Waals surface area contributed by atoms with Gasteiger partial charge in [0.2, 0.25) is 0 Å². The number of nitrogens with one attached hydrogen (secondary N) is 1. The van der Waals surface area contributed by atoms with Crippen LogP contribution in [-0.4, -0.2) is 4.98 Å². The van der Waals surface area contributed by atoms with Crippen LogP contribution in [0.25, 0.3) is 0 Å². The number of benzene rings is 1. The van der Waals surface area contributed by atoms with E-state index < -0.39 is 5.82 Å². The molecule has 20 heavy (non-hydrogen) atoms. The molecule has 0 aliphatic heterocycles. The Morgan fingerprint density at radius 2 is 1.70 bits per heavy atom. The lowest BCUT2D eigenvalue weighted by Gasteiger charge is -2.21. The fourth-order valence-electron chi connectivity index (χ4n) is 2.08. The highest BCUT2D eigenvalue weighted by molar-refractivity contribution is 6.35. The normalized spacial score (nSPS) is 14.1. The largest absolute Gasteiger partial charge is 0.304 e. The van der Waals surface area contributed by atoms with Crippen LogP contribution in [0.3, 0.4) is 0 Å². The lowest BCUT2D eigenvalue weighted by atomic mass is 10.0. The number of nitrogens with zero attached hydrogens (tertiary/aromatic N) is 1. The average Bonchev–Trinajstić information content (AvgIpc) is 2.43. The summed E-state index contributed by atoms with van der Waals surface area (Å²) in [6.45, 7) is 3.97. The van der Waals surface area contributed by atoms with Crippen molar-refractivity contribution < 1.29 is 4.39 Å². The Labute approximate surface area is 127 Å². The van der Waals surface area contributed by atoms with Crippen molar-refractivity contribution in [3.05, 3.63) is 63.6 Å². The maximum atomic E-state index is 13.6. The molecule has 0 fully saturated rings. The molecule has 0 spiro atoms. The van der Waals surface area contributed by atoms with Crippen molar-refractivity contribution in [2.24, 2.45) is 0 Å². The van der Waals surface area contributed by atoms with Crippen LogP contribution in [0.4, 0.5) is 4.39 Å². The summed E-state index contributed by atoms with van der Waals surface area (Å²) in [6, 6.07) is 6.69. The number of rotatable bonds is 4. The molecule has 2 aromatic rings. The van der Waals surface area contributed by atoms with Crippen molar-refractivity contribution in [2.45, 2.75) is 25.9 Å². The molecule has 2 rings (SSSR count). The van der Waals surface area contributed by atoms with Gasteiger partial charge in [0.1, 0.15) is 5.82 Å². The summed E-state index contributed by atoms with van der Waals surface area (Å²) in [6.07, 6.45) is 3.49. The van der Waals surface area contributed by atoms with E-state index in [2.05, 4.69) is 10.3 Å². The third-order valence-corrected chi connectivity index (χ3v) is 3.83. The first kappa shape index (κ1) is 15.2.